The van der Waals surface area contributed by atoms with Crippen LogP contribution in [0, 0.1) is 11.7 Å². The molecule has 3 aliphatic rings. The van der Waals surface area contributed by atoms with Gasteiger partial charge in [-0.25, -0.2) is 18.9 Å². The van der Waals surface area contributed by atoms with Crippen molar-refractivity contribution in [3.05, 3.63) is 65.0 Å². The molecule has 0 bridgehead atoms. The molecule has 3 atom stereocenters. The maximum atomic E-state index is 13.8. The number of anilines is 1. The molecular weight excluding hydrogens is 547 g/mol. The second-order valence-corrected chi connectivity index (χ2v) is 10.9. The summed E-state index contributed by atoms with van der Waals surface area (Å²) in [6.07, 6.45) is 2.08. The maximum Gasteiger partial charge on any atom is 0.418 e. The Morgan fingerprint density at radius 3 is 2.62 bits per heavy atom. The van der Waals surface area contributed by atoms with E-state index >= 15 is 0 Å². The van der Waals surface area contributed by atoms with Crippen molar-refractivity contribution in [2.45, 2.75) is 56.7 Å². The molecule has 2 aromatic carbocycles. The minimum absolute atomic E-state index is 0.115. The van der Waals surface area contributed by atoms with Crippen molar-refractivity contribution in [1.29, 1.82) is 0 Å². The number of nitrogens with one attached hydrogen (secondary N) is 2. The van der Waals surface area contributed by atoms with Crippen LogP contribution in [0.25, 0.3) is 0 Å². The zero-order valence-corrected chi connectivity index (χ0v) is 23.5. The first kappa shape index (κ1) is 29.0. The smallest absolute Gasteiger partial charge is 0.418 e. The molecule has 2 fully saturated rings. The minimum Gasteiger partial charge on any atom is -0.469 e. The van der Waals surface area contributed by atoms with E-state index < -0.39 is 41.9 Å². The average Bonchev–Trinajstić information content (AvgIpc) is 3.47. The van der Waals surface area contributed by atoms with Gasteiger partial charge < -0.3 is 25.0 Å². The second kappa shape index (κ2) is 11.8. The molecule has 1 spiro atoms. The lowest BCUT2D eigenvalue weighted by atomic mass is 9.84. The number of carbonyl (C=O) groups is 5. The number of rotatable bonds is 7. The summed E-state index contributed by atoms with van der Waals surface area (Å²) in [5, 5.41) is 5.15. The number of aryl methyl sites for hydroxylation is 1. The Morgan fingerprint density at radius 2 is 1.90 bits per heavy atom. The fraction of sp³-hybridized carbons (Fsp3) is 0.433. The molecule has 5 amide bonds. The van der Waals surface area contributed by atoms with Crippen molar-refractivity contribution < 1.29 is 37.8 Å². The van der Waals surface area contributed by atoms with Gasteiger partial charge in [0.05, 0.1) is 13.0 Å². The van der Waals surface area contributed by atoms with Gasteiger partial charge in [-0.1, -0.05) is 24.6 Å². The largest absolute Gasteiger partial charge is 0.469 e. The molecule has 0 unspecified atom stereocenters. The number of esters is 1. The number of hydrogen-bond acceptors (Lipinski definition) is 7. The van der Waals surface area contributed by atoms with Crippen molar-refractivity contribution in [3.8, 4) is 0 Å². The van der Waals surface area contributed by atoms with Crippen LogP contribution in [-0.2, 0) is 42.4 Å². The summed E-state index contributed by atoms with van der Waals surface area (Å²) in [6, 6.07) is 10.0. The fourth-order valence-electron chi connectivity index (χ4n) is 6.19. The van der Waals surface area contributed by atoms with Gasteiger partial charge in [-0.05, 0) is 61.1 Å². The minimum atomic E-state index is -1.54. The first-order chi connectivity index (χ1) is 20.1. The molecule has 2 aromatic rings. The second-order valence-electron chi connectivity index (χ2n) is 10.9. The average molecular weight is 581 g/mol. The molecule has 0 radical (unpaired) electrons. The standard InChI is InChI=1S/C30H33FN4O7/c1-32-28(39)33-22-10-11-24-19(14-22)12-13-30(24)27(38)35(29(40)42-30)17-25(36)34(16-18-6-8-21(31)9-7-18)23-5-3-4-20(15-23)26(37)41-2/h6-11,14,20,23H,3-5,12-13,15-17H2,1-2H3,(H2,32,33,39)/t20-,23-,30+/m0/s1. The first-order valence-electron chi connectivity index (χ1n) is 13.9. The monoisotopic (exact) mass is 580 g/mol. The Balaban J connectivity index is 1.37. The lowest BCUT2D eigenvalue weighted by Crippen LogP contribution is -2.49. The van der Waals surface area contributed by atoms with E-state index in [1.165, 1.54) is 26.3 Å². The number of fused-ring (bicyclic) bond motifs is 2. The van der Waals surface area contributed by atoms with Crippen molar-refractivity contribution in [2.24, 2.45) is 5.92 Å². The fourth-order valence-corrected chi connectivity index (χ4v) is 6.19. The van der Waals surface area contributed by atoms with Gasteiger partial charge in [0.1, 0.15) is 12.4 Å². The highest BCUT2D eigenvalue weighted by Gasteiger charge is 2.58. The Hall–Kier alpha value is -4.48. The topological polar surface area (TPSA) is 134 Å². The summed E-state index contributed by atoms with van der Waals surface area (Å²) in [6.45, 7) is -0.421. The van der Waals surface area contributed by atoms with Gasteiger partial charge in [0.15, 0.2) is 0 Å². The summed E-state index contributed by atoms with van der Waals surface area (Å²) >= 11 is 0. The Bertz CT molecular complexity index is 1410. The van der Waals surface area contributed by atoms with E-state index in [9.17, 15) is 28.4 Å². The molecule has 11 nitrogen and oxygen atoms in total. The molecule has 1 heterocycles. The van der Waals surface area contributed by atoms with Crippen LogP contribution in [0.15, 0.2) is 42.5 Å². The number of ether oxygens (including phenoxy) is 2. The molecule has 12 heteroatoms. The summed E-state index contributed by atoms with van der Waals surface area (Å²) < 4.78 is 24.2. The predicted molar refractivity (Wildman–Crippen MR) is 147 cm³/mol. The molecule has 42 heavy (non-hydrogen) atoms. The number of carbonyl (C=O) groups excluding carboxylic acids is 5. The number of urea groups is 1. The molecule has 1 saturated carbocycles. The van der Waals surface area contributed by atoms with Crippen LogP contribution < -0.4 is 10.6 Å². The number of hydrogen-bond donors (Lipinski definition) is 2. The van der Waals surface area contributed by atoms with Crippen LogP contribution in [0.2, 0.25) is 0 Å². The highest BCUT2D eigenvalue weighted by atomic mass is 19.1. The summed E-state index contributed by atoms with van der Waals surface area (Å²) in [4.78, 5) is 67.0. The zero-order valence-electron chi connectivity index (χ0n) is 23.5. The number of benzene rings is 2. The van der Waals surface area contributed by atoms with Crippen LogP contribution in [-0.4, -0.2) is 66.5 Å². The van der Waals surface area contributed by atoms with E-state index in [1.807, 2.05) is 0 Å². The third kappa shape index (κ3) is 5.53. The lowest BCUT2D eigenvalue weighted by Gasteiger charge is -2.37. The van der Waals surface area contributed by atoms with Gasteiger partial charge in [0, 0.05) is 37.3 Å². The van der Waals surface area contributed by atoms with E-state index in [0.29, 0.717) is 48.9 Å². The molecule has 2 aliphatic carbocycles. The molecule has 1 aliphatic heterocycles. The molecule has 0 aromatic heterocycles. The van der Waals surface area contributed by atoms with Gasteiger partial charge >= 0.3 is 18.1 Å². The van der Waals surface area contributed by atoms with Crippen LogP contribution >= 0.6 is 0 Å². The number of halogens is 1. The molecule has 5 rings (SSSR count). The van der Waals surface area contributed by atoms with Crippen LogP contribution in [0.3, 0.4) is 0 Å². The summed E-state index contributed by atoms with van der Waals surface area (Å²) in [7, 11) is 2.82. The van der Waals surface area contributed by atoms with E-state index in [1.54, 1.807) is 35.2 Å². The van der Waals surface area contributed by atoms with E-state index in [4.69, 9.17) is 9.47 Å². The van der Waals surface area contributed by atoms with E-state index in [0.717, 1.165) is 10.5 Å². The van der Waals surface area contributed by atoms with Crippen LogP contribution in [0.1, 0.15) is 48.8 Å². The van der Waals surface area contributed by atoms with Crippen molar-refractivity contribution >= 4 is 35.6 Å². The third-order valence-electron chi connectivity index (χ3n) is 8.35. The molecule has 1 saturated heterocycles. The normalized spacial score (nSPS) is 22.9. The Labute approximate surface area is 242 Å². The highest BCUT2D eigenvalue weighted by Crippen LogP contribution is 2.46. The van der Waals surface area contributed by atoms with Gasteiger partial charge in [-0.3, -0.25) is 14.4 Å². The number of methoxy groups -OCH3 is 1. The number of amides is 5. The van der Waals surface area contributed by atoms with Crippen molar-refractivity contribution in [3.63, 3.8) is 0 Å². The van der Waals surface area contributed by atoms with E-state index in [2.05, 4.69) is 10.6 Å². The Kier molecular flexibility index (Phi) is 8.15. The Morgan fingerprint density at radius 1 is 1.14 bits per heavy atom. The van der Waals surface area contributed by atoms with Gasteiger partial charge in [0.25, 0.3) is 5.91 Å². The lowest BCUT2D eigenvalue weighted by molar-refractivity contribution is -0.149. The SMILES string of the molecule is CNC(=O)Nc1ccc2c(c1)CC[C@@]21OC(=O)N(CC(=O)N(Cc2ccc(F)cc2)[C@H]2CCC[C@H](C(=O)OC)C2)C1=O. The van der Waals surface area contributed by atoms with Crippen LogP contribution in [0.5, 0.6) is 0 Å². The van der Waals surface area contributed by atoms with Gasteiger partial charge in [-0.15, -0.1) is 0 Å². The van der Waals surface area contributed by atoms with Crippen molar-refractivity contribution in [1.82, 2.24) is 15.1 Å². The van der Waals surface area contributed by atoms with Crippen molar-refractivity contribution in [2.75, 3.05) is 26.0 Å². The number of nitrogens with zero attached hydrogens (tertiary/aromatic N) is 2. The first-order valence-corrected chi connectivity index (χ1v) is 13.9. The summed E-state index contributed by atoms with van der Waals surface area (Å²) in [5.41, 5.74) is 0.938. The highest BCUT2D eigenvalue weighted by molar-refractivity contribution is 6.06. The quantitative estimate of drug-likeness (QED) is 0.479. The molecular formula is C30H33FN4O7. The van der Waals surface area contributed by atoms with E-state index in [-0.39, 0.29) is 30.9 Å². The maximum absolute atomic E-state index is 13.8. The van der Waals surface area contributed by atoms with Gasteiger partial charge in [-0.2, -0.15) is 0 Å². The number of imide groups is 1. The predicted octanol–water partition coefficient (Wildman–Crippen LogP) is 3.46. The third-order valence-corrected chi connectivity index (χ3v) is 8.35. The molecule has 222 valence electrons. The molecule has 2 N–H and O–H groups in total. The van der Waals surface area contributed by atoms with Crippen LogP contribution in [0.4, 0.5) is 19.7 Å². The van der Waals surface area contributed by atoms with Gasteiger partial charge in [0.2, 0.25) is 11.5 Å². The summed E-state index contributed by atoms with van der Waals surface area (Å²) in [5.74, 6) is -2.24. The zero-order chi connectivity index (χ0) is 30.0.